The number of carbonyl (C=O) groups is 2. The molecule has 2 aromatic rings. The van der Waals surface area contributed by atoms with Gasteiger partial charge in [-0.2, -0.15) is 0 Å². The van der Waals surface area contributed by atoms with E-state index in [4.69, 9.17) is 0 Å². The third-order valence-electron chi connectivity index (χ3n) is 5.16. The molecular formula is C16H16N2O3S. The molecule has 1 aromatic carbocycles. The van der Waals surface area contributed by atoms with Crippen LogP contribution in [-0.4, -0.2) is 40.0 Å². The number of fused-ring (bicyclic) bond motifs is 2. The Labute approximate surface area is 131 Å². The largest absolute Gasteiger partial charge is 0.481 e. The van der Waals surface area contributed by atoms with Crippen molar-refractivity contribution in [1.82, 2.24) is 9.88 Å². The zero-order chi connectivity index (χ0) is 15.3. The van der Waals surface area contributed by atoms with Crippen molar-refractivity contribution in [3.63, 3.8) is 0 Å². The van der Waals surface area contributed by atoms with Gasteiger partial charge in [-0.25, -0.2) is 4.98 Å². The number of hydrogen-bond acceptors (Lipinski definition) is 4. The van der Waals surface area contributed by atoms with Gasteiger partial charge in [0, 0.05) is 18.7 Å². The third-order valence-corrected chi connectivity index (χ3v) is 5.95. The lowest BCUT2D eigenvalue weighted by Gasteiger charge is -2.23. The predicted octanol–water partition coefficient (Wildman–Crippen LogP) is 2.62. The molecule has 0 spiro atoms. The van der Waals surface area contributed by atoms with E-state index in [1.165, 1.54) is 11.3 Å². The van der Waals surface area contributed by atoms with E-state index in [0.717, 1.165) is 23.1 Å². The molecule has 1 saturated heterocycles. The van der Waals surface area contributed by atoms with Crippen LogP contribution >= 0.6 is 11.3 Å². The van der Waals surface area contributed by atoms with Crippen molar-refractivity contribution in [2.24, 2.45) is 11.3 Å². The summed E-state index contributed by atoms with van der Waals surface area (Å²) in [5.41, 5.74) is 2.56. The Morgan fingerprint density at radius 1 is 1.41 bits per heavy atom. The first-order chi connectivity index (χ1) is 10.6. The number of nitrogens with zero attached hydrogens (tertiary/aromatic N) is 2. The molecule has 2 atom stereocenters. The highest BCUT2D eigenvalue weighted by Crippen LogP contribution is 2.49. The lowest BCUT2D eigenvalue weighted by Crippen LogP contribution is -2.37. The van der Waals surface area contributed by atoms with Gasteiger partial charge in [0.2, 0.25) is 0 Å². The Kier molecular flexibility index (Phi) is 2.97. The second kappa shape index (κ2) is 4.78. The summed E-state index contributed by atoms with van der Waals surface area (Å²) in [4.78, 5) is 30.4. The zero-order valence-corrected chi connectivity index (χ0v) is 12.8. The molecule has 0 unspecified atom stereocenters. The average Bonchev–Trinajstić information content (AvgIpc) is 3.18. The first-order valence-corrected chi connectivity index (χ1v) is 8.34. The third kappa shape index (κ3) is 1.86. The Balaban J connectivity index is 1.62. The van der Waals surface area contributed by atoms with E-state index in [2.05, 4.69) is 4.98 Å². The number of thiazole rings is 1. The fraction of sp³-hybridized carbons (Fsp3) is 0.438. The molecule has 2 aliphatic rings. The van der Waals surface area contributed by atoms with Crippen LogP contribution in [0.1, 0.15) is 29.6 Å². The van der Waals surface area contributed by atoms with E-state index < -0.39 is 11.4 Å². The van der Waals surface area contributed by atoms with Crippen molar-refractivity contribution in [2.75, 3.05) is 13.1 Å². The Hall–Kier alpha value is -1.95. The summed E-state index contributed by atoms with van der Waals surface area (Å²) in [5.74, 6) is -0.713. The molecule has 1 aliphatic carbocycles. The number of rotatable bonds is 2. The minimum atomic E-state index is -0.747. The van der Waals surface area contributed by atoms with E-state index in [1.807, 2.05) is 12.1 Å². The summed E-state index contributed by atoms with van der Waals surface area (Å²) >= 11 is 1.51. The number of carboxylic acid groups (broad SMARTS) is 1. The summed E-state index contributed by atoms with van der Waals surface area (Å²) in [5, 5.41) is 9.61. The molecule has 2 fully saturated rings. The molecule has 5 nitrogen and oxygen atoms in total. The molecule has 1 saturated carbocycles. The molecule has 1 aromatic heterocycles. The van der Waals surface area contributed by atoms with Gasteiger partial charge in [-0.05, 0) is 37.0 Å². The van der Waals surface area contributed by atoms with Crippen LogP contribution < -0.4 is 0 Å². The molecule has 1 aliphatic heterocycles. The molecule has 22 heavy (non-hydrogen) atoms. The number of aromatic nitrogens is 1. The maximum Gasteiger partial charge on any atom is 0.311 e. The summed E-state index contributed by atoms with van der Waals surface area (Å²) in [7, 11) is 0. The highest BCUT2D eigenvalue weighted by atomic mass is 32.1. The van der Waals surface area contributed by atoms with Crippen molar-refractivity contribution >= 4 is 33.4 Å². The average molecular weight is 316 g/mol. The van der Waals surface area contributed by atoms with Crippen LogP contribution in [-0.2, 0) is 4.79 Å². The van der Waals surface area contributed by atoms with Crippen LogP contribution in [0, 0.1) is 11.3 Å². The van der Waals surface area contributed by atoms with Gasteiger partial charge in [0.05, 0.1) is 21.1 Å². The minimum Gasteiger partial charge on any atom is -0.481 e. The first-order valence-electron chi connectivity index (χ1n) is 7.46. The minimum absolute atomic E-state index is 0.0645. The van der Waals surface area contributed by atoms with E-state index >= 15 is 0 Å². The lowest BCUT2D eigenvalue weighted by molar-refractivity contribution is -0.149. The van der Waals surface area contributed by atoms with Gasteiger partial charge in [0.25, 0.3) is 5.91 Å². The van der Waals surface area contributed by atoms with Gasteiger partial charge in [-0.3, -0.25) is 9.59 Å². The van der Waals surface area contributed by atoms with Crippen molar-refractivity contribution in [3.8, 4) is 0 Å². The first kappa shape index (κ1) is 13.7. The number of hydrogen-bond donors (Lipinski definition) is 1. The number of carbonyl (C=O) groups excluding carboxylic acids is 1. The lowest BCUT2D eigenvalue weighted by atomic mass is 9.81. The molecule has 1 amide bonds. The van der Waals surface area contributed by atoms with E-state index in [9.17, 15) is 14.7 Å². The Bertz CT molecular complexity index is 772. The summed E-state index contributed by atoms with van der Waals surface area (Å²) < 4.78 is 0.984. The monoisotopic (exact) mass is 316 g/mol. The zero-order valence-electron chi connectivity index (χ0n) is 12.0. The SMILES string of the molecule is O=C(c1ccc2ncsc2c1)N1C[C@@H]2CCC[C@@]2(C(=O)O)C1. The van der Waals surface area contributed by atoms with Gasteiger partial charge in [0.15, 0.2) is 0 Å². The molecule has 0 bridgehead atoms. The van der Waals surface area contributed by atoms with Crippen LogP contribution in [0.2, 0.25) is 0 Å². The fourth-order valence-electron chi connectivity index (χ4n) is 3.96. The summed E-state index contributed by atoms with van der Waals surface area (Å²) in [6.45, 7) is 0.901. The quantitative estimate of drug-likeness (QED) is 0.924. The molecule has 6 heteroatoms. The fourth-order valence-corrected chi connectivity index (χ4v) is 4.68. The highest BCUT2D eigenvalue weighted by Gasteiger charge is 2.55. The Morgan fingerprint density at radius 2 is 2.27 bits per heavy atom. The van der Waals surface area contributed by atoms with Crippen molar-refractivity contribution in [2.45, 2.75) is 19.3 Å². The number of amides is 1. The molecule has 1 N–H and O–H groups in total. The maximum atomic E-state index is 12.7. The van der Waals surface area contributed by atoms with Gasteiger partial charge in [-0.1, -0.05) is 6.42 Å². The second-order valence-electron chi connectivity index (χ2n) is 6.27. The van der Waals surface area contributed by atoms with Gasteiger partial charge in [-0.15, -0.1) is 11.3 Å². The molecule has 0 radical (unpaired) electrons. The normalized spacial score (nSPS) is 27.3. The highest BCUT2D eigenvalue weighted by molar-refractivity contribution is 7.16. The molecule has 2 heterocycles. The summed E-state index contributed by atoms with van der Waals surface area (Å²) in [6, 6.07) is 5.49. The standard InChI is InChI=1S/C16H16N2O3S/c19-14(10-3-4-12-13(6-10)22-9-17-12)18-7-11-2-1-5-16(11,8-18)15(20)21/h3-4,6,9,11H,1-2,5,7-8H2,(H,20,21)/t11-,16+/m0/s1. The van der Waals surface area contributed by atoms with Crippen LogP contribution in [0.5, 0.6) is 0 Å². The smallest absolute Gasteiger partial charge is 0.311 e. The van der Waals surface area contributed by atoms with Gasteiger partial charge in [0.1, 0.15) is 0 Å². The van der Waals surface area contributed by atoms with E-state index in [-0.39, 0.29) is 11.8 Å². The van der Waals surface area contributed by atoms with E-state index in [1.54, 1.807) is 16.5 Å². The molecule has 4 rings (SSSR count). The Morgan fingerprint density at radius 3 is 3.05 bits per heavy atom. The number of likely N-dealkylation sites (tertiary alicyclic amines) is 1. The number of benzene rings is 1. The van der Waals surface area contributed by atoms with Gasteiger partial charge >= 0.3 is 5.97 Å². The number of aliphatic carboxylic acids is 1. The van der Waals surface area contributed by atoms with E-state index in [0.29, 0.717) is 25.1 Å². The van der Waals surface area contributed by atoms with Gasteiger partial charge < -0.3 is 10.0 Å². The van der Waals surface area contributed by atoms with Crippen LogP contribution in [0.3, 0.4) is 0 Å². The van der Waals surface area contributed by atoms with Crippen LogP contribution in [0.4, 0.5) is 0 Å². The predicted molar refractivity (Wildman–Crippen MR) is 82.9 cm³/mol. The van der Waals surface area contributed by atoms with Crippen molar-refractivity contribution < 1.29 is 14.7 Å². The second-order valence-corrected chi connectivity index (χ2v) is 7.16. The van der Waals surface area contributed by atoms with Crippen LogP contribution in [0.25, 0.3) is 10.2 Å². The van der Waals surface area contributed by atoms with Crippen molar-refractivity contribution in [1.29, 1.82) is 0 Å². The molecular weight excluding hydrogens is 300 g/mol. The maximum absolute atomic E-state index is 12.7. The van der Waals surface area contributed by atoms with Crippen molar-refractivity contribution in [3.05, 3.63) is 29.3 Å². The molecule has 114 valence electrons. The number of carboxylic acids is 1. The topological polar surface area (TPSA) is 70.5 Å². The summed E-state index contributed by atoms with van der Waals surface area (Å²) in [6.07, 6.45) is 2.54. The van der Waals surface area contributed by atoms with Crippen LogP contribution in [0.15, 0.2) is 23.7 Å².